The summed E-state index contributed by atoms with van der Waals surface area (Å²) in [5.41, 5.74) is 0.994. The van der Waals surface area contributed by atoms with E-state index in [0.29, 0.717) is 15.7 Å². The van der Waals surface area contributed by atoms with Gasteiger partial charge in [-0.3, -0.25) is 4.72 Å². The number of hydrogen-bond acceptors (Lipinski definition) is 3. The van der Waals surface area contributed by atoms with E-state index in [1.807, 2.05) is 0 Å². The Hall–Kier alpha value is -1.67. The largest absolute Gasteiger partial charge is 0.453 e. The second-order valence-electron chi connectivity index (χ2n) is 4.78. The van der Waals surface area contributed by atoms with Crippen molar-refractivity contribution in [3.63, 3.8) is 0 Å². The standard InChI is InChI=1S/C15H14BrF2NO3S/c1-3-23(20,21)19-13-8-11(16)15(6-9(13)2)22-14-5-4-10(17)7-12(14)18/h4-8,19H,3H2,1-2H3. The van der Waals surface area contributed by atoms with Crippen molar-refractivity contribution in [3.8, 4) is 11.5 Å². The van der Waals surface area contributed by atoms with E-state index in [9.17, 15) is 17.2 Å². The number of halogens is 3. The Kier molecular flexibility index (Phi) is 5.26. The van der Waals surface area contributed by atoms with E-state index >= 15 is 0 Å². The van der Waals surface area contributed by atoms with Crippen molar-refractivity contribution in [3.05, 3.63) is 52.0 Å². The maximum absolute atomic E-state index is 13.6. The summed E-state index contributed by atoms with van der Waals surface area (Å²) in [6.07, 6.45) is 0. The third-order valence-electron chi connectivity index (χ3n) is 3.04. The number of rotatable bonds is 5. The molecule has 0 radical (unpaired) electrons. The molecule has 0 saturated carbocycles. The van der Waals surface area contributed by atoms with E-state index in [0.717, 1.165) is 12.1 Å². The minimum atomic E-state index is -3.41. The van der Waals surface area contributed by atoms with Gasteiger partial charge in [-0.15, -0.1) is 0 Å². The van der Waals surface area contributed by atoms with Crippen LogP contribution >= 0.6 is 15.9 Å². The molecular formula is C15H14BrF2NO3S. The summed E-state index contributed by atoms with van der Waals surface area (Å²) in [5.74, 6) is -1.43. The molecule has 0 bridgehead atoms. The maximum atomic E-state index is 13.6. The second kappa shape index (κ2) is 6.84. The van der Waals surface area contributed by atoms with Crippen molar-refractivity contribution in [2.45, 2.75) is 13.8 Å². The third-order valence-corrected chi connectivity index (χ3v) is 4.95. The molecule has 0 atom stereocenters. The van der Waals surface area contributed by atoms with Gasteiger partial charge in [0.2, 0.25) is 10.0 Å². The molecule has 23 heavy (non-hydrogen) atoms. The molecule has 2 rings (SSSR count). The maximum Gasteiger partial charge on any atom is 0.232 e. The SMILES string of the molecule is CCS(=O)(=O)Nc1cc(Br)c(Oc2ccc(F)cc2F)cc1C. The fourth-order valence-electron chi connectivity index (χ4n) is 1.76. The van der Waals surface area contributed by atoms with Crippen LogP contribution in [0, 0.1) is 18.6 Å². The van der Waals surface area contributed by atoms with Gasteiger partial charge in [-0.2, -0.15) is 0 Å². The number of sulfonamides is 1. The lowest BCUT2D eigenvalue weighted by atomic mass is 10.2. The summed E-state index contributed by atoms with van der Waals surface area (Å²) in [5, 5.41) is 0. The highest BCUT2D eigenvalue weighted by Gasteiger charge is 2.14. The Morgan fingerprint density at radius 2 is 1.87 bits per heavy atom. The number of nitrogens with one attached hydrogen (secondary N) is 1. The van der Waals surface area contributed by atoms with Crippen LogP contribution in [0.25, 0.3) is 0 Å². The summed E-state index contributed by atoms with van der Waals surface area (Å²) < 4.78 is 58.1. The fraction of sp³-hybridized carbons (Fsp3) is 0.200. The van der Waals surface area contributed by atoms with Crippen LogP contribution in [0.3, 0.4) is 0 Å². The molecule has 0 aliphatic carbocycles. The van der Waals surface area contributed by atoms with Gasteiger partial charge < -0.3 is 4.74 Å². The first-order valence-corrected chi connectivity index (χ1v) is 9.10. The first kappa shape index (κ1) is 17.7. The molecule has 0 aliphatic heterocycles. The molecule has 2 aromatic rings. The van der Waals surface area contributed by atoms with Gasteiger partial charge in [0.25, 0.3) is 0 Å². The molecule has 0 saturated heterocycles. The summed E-state index contributed by atoms with van der Waals surface area (Å²) in [4.78, 5) is 0. The van der Waals surface area contributed by atoms with Gasteiger partial charge in [0.1, 0.15) is 11.6 Å². The molecule has 0 unspecified atom stereocenters. The molecule has 0 heterocycles. The Labute approximate surface area is 141 Å². The Bertz CT molecular complexity index is 841. The number of hydrogen-bond donors (Lipinski definition) is 1. The number of anilines is 1. The molecule has 0 amide bonds. The lowest BCUT2D eigenvalue weighted by Crippen LogP contribution is -2.15. The molecule has 124 valence electrons. The van der Waals surface area contributed by atoms with Gasteiger partial charge in [-0.05, 0) is 59.6 Å². The monoisotopic (exact) mass is 405 g/mol. The van der Waals surface area contributed by atoms with Gasteiger partial charge in [0, 0.05) is 6.07 Å². The number of benzene rings is 2. The van der Waals surface area contributed by atoms with Crippen LogP contribution in [0.5, 0.6) is 11.5 Å². The van der Waals surface area contributed by atoms with Crippen molar-refractivity contribution in [1.29, 1.82) is 0 Å². The van der Waals surface area contributed by atoms with Crippen molar-refractivity contribution in [2.75, 3.05) is 10.5 Å². The third kappa shape index (κ3) is 4.42. The van der Waals surface area contributed by atoms with Crippen molar-refractivity contribution in [2.24, 2.45) is 0 Å². The Morgan fingerprint density at radius 3 is 2.48 bits per heavy atom. The minimum absolute atomic E-state index is 0.0525. The summed E-state index contributed by atoms with van der Waals surface area (Å²) in [6, 6.07) is 6.07. The summed E-state index contributed by atoms with van der Waals surface area (Å²) >= 11 is 3.25. The van der Waals surface area contributed by atoms with Gasteiger partial charge >= 0.3 is 0 Å². The highest BCUT2D eigenvalue weighted by atomic mass is 79.9. The molecule has 8 heteroatoms. The number of ether oxygens (including phenoxy) is 1. The predicted octanol–water partition coefficient (Wildman–Crippen LogP) is 4.59. The van der Waals surface area contributed by atoms with E-state index in [2.05, 4.69) is 20.7 Å². The minimum Gasteiger partial charge on any atom is -0.453 e. The van der Waals surface area contributed by atoms with Crippen LogP contribution in [0.15, 0.2) is 34.8 Å². The lowest BCUT2D eigenvalue weighted by Gasteiger charge is -2.14. The van der Waals surface area contributed by atoms with Crippen molar-refractivity contribution in [1.82, 2.24) is 0 Å². The summed E-state index contributed by atoms with van der Waals surface area (Å²) in [7, 11) is -3.41. The molecule has 4 nitrogen and oxygen atoms in total. The van der Waals surface area contributed by atoms with Crippen LogP contribution < -0.4 is 9.46 Å². The average Bonchev–Trinajstić information content (AvgIpc) is 2.46. The topological polar surface area (TPSA) is 55.4 Å². The first-order valence-electron chi connectivity index (χ1n) is 6.65. The molecule has 0 aromatic heterocycles. The molecule has 2 aromatic carbocycles. The predicted molar refractivity (Wildman–Crippen MR) is 88.4 cm³/mol. The Balaban J connectivity index is 2.33. The highest BCUT2D eigenvalue weighted by molar-refractivity contribution is 9.10. The average molecular weight is 406 g/mol. The first-order chi connectivity index (χ1) is 10.7. The Morgan fingerprint density at radius 1 is 1.17 bits per heavy atom. The quantitative estimate of drug-likeness (QED) is 0.791. The zero-order valence-electron chi connectivity index (χ0n) is 12.4. The van der Waals surface area contributed by atoms with Crippen LogP contribution in [0.4, 0.5) is 14.5 Å². The van der Waals surface area contributed by atoms with E-state index < -0.39 is 21.7 Å². The van der Waals surface area contributed by atoms with Crippen molar-refractivity contribution < 1.29 is 21.9 Å². The van der Waals surface area contributed by atoms with E-state index in [-0.39, 0.29) is 17.3 Å². The molecular weight excluding hydrogens is 392 g/mol. The lowest BCUT2D eigenvalue weighted by molar-refractivity contribution is 0.435. The van der Waals surface area contributed by atoms with Crippen LogP contribution in [0.1, 0.15) is 12.5 Å². The van der Waals surface area contributed by atoms with Gasteiger partial charge in [0.05, 0.1) is 15.9 Å². The summed E-state index contributed by atoms with van der Waals surface area (Å²) in [6.45, 7) is 3.22. The highest BCUT2D eigenvalue weighted by Crippen LogP contribution is 2.35. The molecule has 0 fully saturated rings. The van der Waals surface area contributed by atoms with Crippen LogP contribution in [0.2, 0.25) is 0 Å². The van der Waals surface area contributed by atoms with Gasteiger partial charge in [0.15, 0.2) is 11.6 Å². The van der Waals surface area contributed by atoms with Gasteiger partial charge in [-0.25, -0.2) is 17.2 Å². The molecule has 0 aliphatic rings. The van der Waals surface area contributed by atoms with Crippen LogP contribution in [-0.4, -0.2) is 14.2 Å². The zero-order chi connectivity index (χ0) is 17.2. The second-order valence-corrected chi connectivity index (χ2v) is 7.65. The normalized spacial score (nSPS) is 11.3. The van der Waals surface area contributed by atoms with Crippen molar-refractivity contribution >= 4 is 31.6 Å². The number of aryl methyl sites for hydroxylation is 1. The molecule has 1 N–H and O–H groups in total. The van der Waals surface area contributed by atoms with Gasteiger partial charge in [-0.1, -0.05) is 0 Å². The van der Waals surface area contributed by atoms with E-state index in [4.69, 9.17) is 4.74 Å². The zero-order valence-corrected chi connectivity index (χ0v) is 14.8. The molecule has 0 spiro atoms. The van der Waals surface area contributed by atoms with E-state index in [1.165, 1.54) is 19.1 Å². The van der Waals surface area contributed by atoms with E-state index in [1.54, 1.807) is 13.0 Å². The fourth-order valence-corrected chi connectivity index (χ4v) is 2.88. The van der Waals surface area contributed by atoms with Crippen LogP contribution in [-0.2, 0) is 10.0 Å². The smallest absolute Gasteiger partial charge is 0.232 e.